The minimum absolute atomic E-state index is 0.250. The van der Waals surface area contributed by atoms with E-state index in [-0.39, 0.29) is 5.70 Å². The summed E-state index contributed by atoms with van der Waals surface area (Å²) >= 11 is 1.16. The minimum atomic E-state index is -1.23. The monoisotopic (exact) mass is 187 g/mol. The van der Waals surface area contributed by atoms with E-state index < -0.39 is 5.97 Å². The minimum Gasteiger partial charge on any atom is -0.476 e. The molecule has 12 heavy (non-hydrogen) atoms. The van der Waals surface area contributed by atoms with E-state index in [1.54, 1.807) is 11.6 Å². The zero-order chi connectivity index (χ0) is 8.97. The molecule has 3 N–H and O–H groups in total. The first-order valence-electron chi connectivity index (χ1n) is 2.90. The van der Waals surface area contributed by atoms with Crippen LogP contribution >= 0.6 is 11.8 Å². The number of hydrogen-bond acceptors (Lipinski definition) is 5. The highest BCUT2D eigenvalue weighted by atomic mass is 32.2. The zero-order valence-electron chi connectivity index (χ0n) is 5.77. The Bertz CT molecular complexity index is 263. The largest absolute Gasteiger partial charge is 0.476 e. The first kappa shape index (κ1) is 8.60. The van der Waals surface area contributed by atoms with Crippen molar-refractivity contribution in [2.24, 2.45) is 5.29 Å². The number of aliphatic carboxylic acids is 1. The molecule has 0 bridgehead atoms. The fraction of sp³-hybridized carbons (Fsp3) is 0. The van der Waals surface area contributed by atoms with Crippen molar-refractivity contribution in [2.75, 3.05) is 0 Å². The van der Waals surface area contributed by atoms with Crippen LogP contribution in [0.2, 0.25) is 0 Å². The van der Waals surface area contributed by atoms with E-state index in [0.717, 1.165) is 11.8 Å². The molecule has 0 aromatic heterocycles. The molecule has 0 spiro atoms. The molecule has 0 aliphatic carbocycles. The molecule has 0 atom stereocenters. The maximum Gasteiger partial charge on any atom is 0.356 e. The molecule has 0 radical (unpaired) electrons. The van der Waals surface area contributed by atoms with Gasteiger partial charge in [-0.05, 0) is 5.41 Å². The third-order valence-corrected chi connectivity index (χ3v) is 1.90. The molecule has 0 aromatic carbocycles. The van der Waals surface area contributed by atoms with Gasteiger partial charge in [-0.15, -0.1) is 4.91 Å². The van der Waals surface area contributed by atoms with E-state index in [4.69, 9.17) is 5.11 Å². The number of carboxylic acids is 1. The van der Waals surface area contributed by atoms with Gasteiger partial charge in [0.1, 0.15) is 5.03 Å². The van der Waals surface area contributed by atoms with Gasteiger partial charge < -0.3 is 10.4 Å². The summed E-state index contributed by atoms with van der Waals surface area (Å²) in [5.41, 5.74) is 1.60. The summed E-state index contributed by atoms with van der Waals surface area (Å²) in [5, 5.41) is 15.5. The lowest BCUT2D eigenvalue weighted by molar-refractivity contribution is -0.133. The zero-order valence-corrected chi connectivity index (χ0v) is 6.59. The molecule has 7 heteroatoms. The van der Waals surface area contributed by atoms with Crippen LogP contribution in [-0.2, 0) is 4.79 Å². The van der Waals surface area contributed by atoms with Gasteiger partial charge in [0, 0.05) is 6.20 Å². The first-order valence-corrected chi connectivity index (χ1v) is 3.78. The van der Waals surface area contributed by atoms with E-state index in [9.17, 15) is 9.70 Å². The van der Waals surface area contributed by atoms with Crippen LogP contribution in [0, 0.1) is 4.91 Å². The molecule has 0 fully saturated rings. The topological polar surface area (TPSA) is 90.8 Å². The molecule has 1 heterocycles. The lowest BCUT2D eigenvalue weighted by Crippen LogP contribution is -2.19. The third-order valence-electron chi connectivity index (χ3n) is 1.07. The quantitative estimate of drug-likeness (QED) is 0.335. The van der Waals surface area contributed by atoms with Gasteiger partial charge in [-0.1, -0.05) is 11.8 Å². The number of nitrogens with zero attached hydrogens (tertiary/aromatic N) is 1. The molecule has 0 saturated heterocycles. The second-order valence-electron chi connectivity index (χ2n) is 1.78. The van der Waals surface area contributed by atoms with Gasteiger partial charge in [0.05, 0.1) is 5.29 Å². The number of nitrogens with one attached hydrogen (secondary N) is 2. The van der Waals surface area contributed by atoms with Gasteiger partial charge in [0.25, 0.3) is 0 Å². The van der Waals surface area contributed by atoms with Gasteiger partial charge in [-0.25, -0.2) is 10.2 Å². The van der Waals surface area contributed by atoms with Crippen LogP contribution in [0.5, 0.6) is 0 Å². The van der Waals surface area contributed by atoms with E-state index in [0.29, 0.717) is 5.03 Å². The van der Waals surface area contributed by atoms with Crippen molar-refractivity contribution < 1.29 is 9.90 Å². The lowest BCUT2D eigenvalue weighted by Gasteiger charge is -2.02. The Labute approximate surface area is 71.7 Å². The molecule has 1 aliphatic heterocycles. The van der Waals surface area contributed by atoms with Crippen molar-refractivity contribution in [1.82, 2.24) is 10.7 Å². The van der Waals surface area contributed by atoms with Crippen LogP contribution in [0.4, 0.5) is 0 Å². The summed E-state index contributed by atoms with van der Waals surface area (Å²) in [7, 11) is 0. The second kappa shape index (κ2) is 3.77. The summed E-state index contributed by atoms with van der Waals surface area (Å²) in [4.78, 5) is 20.2. The predicted molar refractivity (Wildman–Crippen MR) is 43.5 cm³/mol. The van der Waals surface area contributed by atoms with Crippen LogP contribution in [0.1, 0.15) is 0 Å². The van der Waals surface area contributed by atoms with Crippen LogP contribution in [0.25, 0.3) is 0 Å². The SMILES string of the molecule is O=NNC(C(=O)O)=C1NC=CS1. The smallest absolute Gasteiger partial charge is 0.356 e. The second-order valence-corrected chi connectivity index (χ2v) is 2.69. The number of rotatable bonds is 3. The Balaban J connectivity index is 2.82. The molecule has 0 saturated carbocycles. The standard InChI is InChI=1S/C5H5N3O3S/c9-5(10)3(7-8-11)4-6-1-2-12-4/h1-2,6H,(H,7,11)(H,9,10). The summed E-state index contributed by atoms with van der Waals surface area (Å²) in [5.74, 6) is -1.23. The van der Waals surface area contributed by atoms with Gasteiger partial charge in [0.2, 0.25) is 0 Å². The molecular weight excluding hydrogens is 182 g/mol. The Morgan fingerprint density at radius 1 is 1.75 bits per heavy atom. The van der Waals surface area contributed by atoms with Crippen molar-refractivity contribution in [3.63, 3.8) is 0 Å². The fourth-order valence-corrected chi connectivity index (χ4v) is 1.28. The maximum atomic E-state index is 10.5. The van der Waals surface area contributed by atoms with Crippen molar-refractivity contribution in [3.8, 4) is 0 Å². The predicted octanol–water partition coefficient (Wildman–Crippen LogP) is 0.319. The molecule has 0 aromatic rings. The van der Waals surface area contributed by atoms with Crippen molar-refractivity contribution >= 4 is 17.7 Å². The Kier molecular flexibility index (Phi) is 2.70. The summed E-state index contributed by atoms with van der Waals surface area (Å²) in [6.07, 6.45) is 1.56. The van der Waals surface area contributed by atoms with E-state index in [1.807, 2.05) is 5.43 Å². The summed E-state index contributed by atoms with van der Waals surface area (Å²) < 4.78 is 0. The van der Waals surface area contributed by atoms with Gasteiger partial charge in [0.15, 0.2) is 5.70 Å². The number of hydrogen-bond donors (Lipinski definition) is 3. The van der Waals surface area contributed by atoms with Gasteiger partial charge in [-0.3, -0.25) is 0 Å². The highest BCUT2D eigenvalue weighted by molar-refractivity contribution is 8.06. The molecular formula is C5H5N3O3S. The first-order chi connectivity index (χ1) is 5.75. The molecule has 1 rings (SSSR count). The highest BCUT2D eigenvalue weighted by Gasteiger charge is 2.15. The van der Waals surface area contributed by atoms with E-state index in [1.165, 1.54) is 0 Å². The van der Waals surface area contributed by atoms with Crippen LogP contribution in [0.3, 0.4) is 0 Å². The normalized spacial score (nSPS) is 18.3. The molecule has 64 valence electrons. The van der Waals surface area contributed by atoms with Crippen molar-refractivity contribution in [3.05, 3.63) is 27.2 Å². The fourth-order valence-electron chi connectivity index (χ4n) is 0.618. The highest BCUT2D eigenvalue weighted by Crippen LogP contribution is 2.21. The number of carbonyl (C=O) groups is 1. The lowest BCUT2D eigenvalue weighted by atomic mass is 10.5. The molecule has 0 unspecified atom stereocenters. The third kappa shape index (κ3) is 1.76. The number of nitroso groups, excluding NO2 is 1. The Hall–Kier alpha value is -1.50. The van der Waals surface area contributed by atoms with Crippen molar-refractivity contribution in [2.45, 2.75) is 0 Å². The van der Waals surface area contributed by atoms with E-state index >= 15 is 0 Å². The maximum absolute atomic E-state index is 10.5. The summed E-state index contributed by atoms with van der Waals surface area (Å²) in [6.45, 7) is 0. The van der Waals surface area contributed by atoms with Crippen LogP contribution < -0.4 is 10.7 Å². The Morgan fingerprint density at radius 2 is 2.50 bits per heavy atom. The average Bonchev–Trinajstić information content (AvgIpc) is 2.51. The molecule has 6 nitrogen and oxygen atoms in total. The molecule has 0 amide bonds. The van der Waals surface area contributed by atoms with Crippen LogP contribution in [0.15, 0.2) is 27.6 Å². The van der Waals surface area contributed by atoms with Gasteiger partial charge >= 0.3 is 5.97 Å². The average molecular weight is 187 g/mol. The van der Waals surface area contributed by atoms with Crippen molar-refractivity contribution in [1.29, 1.82) is 0 Å². The van der Waals surface area contributed by atoms with Gasteiger partial charge in [-0.2, -0.15) is 0 Å². The molecule has 1 aliphatic rings. The number of carboxylic acid groups (broad SMARTS) is 1. The van der Waals surface area contributed by atoms with E-state index in [2.05, 4.69) is 10.6 Å². The van der Waals surface area contributed by atoms with Crippen LogP contribution in [-0.4, -0.2) is 11.1 Å². The summed E-state index contributed by atoms with van der Waals surface area (Å²) in [6, 6.07) is 0. The number of thioether (sulfide) groups is 1. The Morgan fingerprint density at radius 3 is 2.92 bits per heavy atom.